The monoisotopic (exact) mass is 227 g/mol. The van der Waals surface area contributed by atoms with Gasteiger partial charge in [0.05, 0.1) is 0 Å². The number of hydrogen-bond donors (Lipinski definition) is 1. The first kappa shape index (κ1) is 11.9. The average Bonchev–Trinajstić information content (AvgIpc) is 2.19. The molecule has 0 aliphatic rings. The van der Waals surface area contributed by atoms with Gasteiger partial charge in [-0.25, -0.2) is 4.79 Å². The lowest BCUT2D eigenvalue weighted by molar-refractivity contribution is -0.138. The van der Waals surface area contributed by atoms with Gasteiger partial charge in [0.2, 0.25) is 0 Å². The molecule has 0 spiro atoms. The van der Waals surface area contributed by atoms with Gasteiger partial charge in [-0.1, -0.05) is 18.5 Å². The van der Waals surface area contributed by atoms with E-state index in [0.29, 0.717) is 11.4 Å². The highest BCUT2D eigenvalue weighted by Crippen LogP contribution is 2.19. The van der Waals surface area contributed by atoms with Crippen LogP contribution in [0.2, 0.25) is 5.02 Å². The molecular formula is C11H14ClNO2. The van der Waals surface area contributed by atoms with Gasteiger partial charge in [-0.3, -0.25) is 0 Å². The largest absolute Gasteiger partial charge is 0.480 e. The normalized spacial score (nSPS) is 12.2. The van der Waals surface area contributed by atoms with Gasteiger partial charge in [0.25, 0.3) is 0 Å². The van der Waals surface area contributed by atoms with E-state index in [9.17, 15) is 4.79 Å². The van der Waals surface area contributed by atoms with E-state index < -0.39 is 12.0 Å². The number of halogens is 1. The molecule has 15 heavy (non-hydrogen) atoms. The van der Waals surface area contributed by atoms with Gasteiger partial charge >= 0.3 is 5.97 Å². The van der Waals surface area contributed by atoms with Crippen molar-refractivity contribution in [1.29, 1.82) is 0 Å². The molecule has 0 saturated heterocycles. The van der Waals surface area contributed by atoms with Gasteiger partial charge in [-0.2, -0.15) is 0 Å². The summed E-state index contributed by atoms with van der Waals surface area (Å²) in [7, 11) is 1.77. The first-order valence-corrected chi connectivity index (χ1v) is 5.15. The van der Waals surface area contributed by atoms with Crippen LogP contribution in [0.3, 0.4) is 0 Å². The maximum atomic E-state index is 10.9. The van der Waals surface area contributed by atoms with Crippen LogP contribution in [0, 0.1) is 0 Å². The summed E-state index contributed by atoms with van der Waals surface area (Å²) in [5, 5.41) is 9.64. The zero-order valence-corrected chi connectivity index (χ0v) is 9.53. The fourth-order valence-electron chi connectivity index (χ4n) is 1.47. The van der Waals surface area contributed by atoms with Crippen molar-refractivity contribution in [3.05, 3.63) is 29.3 Å². The van der Waals surface area contributed by atoms with Crippen LogP contribution >= 0.6 is 11.6 Å². The molecule has 0 amide bonds. The molecule has 1 N–H and O–H groups in total. The molecule has 0 heterocycles. The molecule has 0 radical (unpaired) electrons. The van der Waals surface area contributed by atoms with Crippen molar-refractivity contribution in [2.75, 3.05) is 11.9 Å². The molecule has 0 aliphatic carbocycles. The molecule has 1 atom stereocenters. The number of rotatable bonds is 4. The van der Waals surface area contributed by atoms with Crippen LogP contribution in [0.25, 0.3) is 0 Å². The number of nitrogens with zero attached hydrogens (tertiary/aromatic N) is 1. The Morgan fingerprint density at radius 3 is 2.40 bits per heavy atom. The quantitative estimate of drug-likeness (QED) is 0.860. The number of carbonyl (C=O) groups is 1. The molecular weight excluding hydrogens is 214 g/mol. The van der Waals surface area contributed by atoms with Crippen LogP contribution in [-0.4, -0.2) is 24.2 Å². The van der Waals surface area contributed by atoms with E-state index in [1.165, 1.54) is 0 Å². The summed E-state index contributed by atoms with van der Waals surface area (Å²) in [6, 6.07) is 6.64. The summed E-state index contributed by atoms with van der Waals surface area (Å²) >= 11 is 5.76. The number of carboxylic acids is 1. The maximum Gasteiger partial charge on any atom is 0.326 e. The lowest BCUT2D eigenvalue weighted by atomic mass is 10.2. The third-order valence-corrected chi connectivity index (χ3v) is 2.63. The summed E-state index contributed by atoms with van der Waals surface area (Å²) in [6.45, 7) is 1.85. The van der Waals surface area contributed by atoms with Crippen LogP contribution < -0.4 is 4.90 Å². The van der Waals surface area contributed by atoms with Crippen molar-refractivity contribution in [3.63, 3.8) is 0 Å². The van der Waals surface area contributed by atoms with Gasteiger partial charge in [-0.15, -0.1) is 0 Å². The lowest BCUT2D eigenvalue weighted by Crippen LogP contribution is -2.37. The standard InChI is InChI=1S/C11H14ClNO2/c1-3-10(11(14)15)13(2)9-6-4-8(12)5-7-9/h4-7,10H,3H2,1-2H3,(H,14,15)/t10-/m1/s1. The summed E-state index contributed by atoms with van der Waals surface area (Å²) in [5.74, 6) is -0.810. The Balaban J connectivity index is 2.87. The fraction of sp³-hybridized carbons (Fsp3) is 0.364. The number of anilines is 1. The number of aliphatic carboxylic acids is 1. The Hall–Kier alpha value is -1.22. The van der Waals surface area contributed by atoms with Crippen molar-refractivity contribution in [1.82, 2.24) is 0 Å². The molecule has 0 fully saturated rings. The topological polar surface area (TPSA) is 40.5 Å². The Labute approximate surface area is 94.3 Å². The fourth-order valence-corrected chi connectivity index (χ4v) is 1.60. The molecule has 1 aromatic carbocycles. The van der Waals surface area contributed by atoms with E-state index >= 15 is 0 Å². The van der Waals surface area contributed by atoms with E-state index in [0.717, 1.165) is 5.69 Å². The van der Waals surface area contributed by atoms with E-state index in [1.807, 2.05) is 19.1 Å². The smallest absolute Gasteiger partial charge is 0.326 e. The number of likely N-dealkylation sites (N-methyl/N-ethyl adjacent to an activating group) is 1. The molecule has 1 rings (SSSR count). The number of carboxylic acid groups (broad SMARTS) is 1. The first-order chi connectivity index (χ1) is 7.06. The molecule has 82 valence electrons. The van der Waals surface area contributed by atoms with Crippen molar-refractivity contribution < 1.29 is 9.90 Å². The first-order valence-electron chi connectivity index (χ1n) is 4.77. The van der Waals surface area contributed by atoms with Crippen molar-refractivity contribution in [3.8, 4) is 0 Å². The van der Waals surface area contributed by atoms with Crippen molar-refractivity contribution in [2.45, 2.75) is 19.4 Å². The third-order valence-electron chi connectivity index (χ3n) is 2.37. The predicted molar refractivity (Wildman–Crippen MR) is 61.6 cm³/mol. The summed E-state index contributed by atoms with van der Waals surface area (Å²) in [5.41, 5.74) is 0.855. The van der Waals surface area contributed by atoms with E-state index in [-0.39, 0.29) is 0 Å². The molecule has 0 saturated carbocycles. The predicted octanol–water partition coefficient (Wildman–Crippen LogP) is 2.64. The maximum absolute atomic E-state index is 10.9. The molecule has 0 aliphatic heterocycles. The molecule has 1 aromatic rings. The highest BCUT2D eigenvalue weighted by Gasteiger charge is 2.20. The second-order valence-corrected chi connectivity index (χ2v) is 3.79. The second-order valence-electron chi connectivity index (χ2n) is 3.35. The van der Waals surface area contributed by atoms with E-state index in [4.69, 9.17) is 16.7 Å². The van der Waals surface area contributed by atoms with Crippen molar-refractivity contribution in [2.24, 2.45) is 0 Å². The molecule has 4 heteroatoms. The zero-order valence-electron chi connectivity index (χ0n) is 8.77. The van der Waals surface area contributed by atoms with E-state index in [2.05, 4.69) is 0 Å². The summed E-state index contributed by atoms with van der Waals surface area (Å²) < 4.78 is 0. The Bertz CT molecular complexity index is 337. The highest BCUT2D eigenvalue weighted by atomic mass is 35.5. The van der Waals surface area contributed by atoms with Gasteiger partial charge in [-0.05, 0) is 30.7 Å². The minimum atomic E-state index is -0.810. The van der Waals surface area contributed by atoms with E-state index in [1.54, 1.807) is 24.1 Å². The van der Waals surface area contributed by atoms with Crippen LogP contribution in [0.5, 0.6) is 0 Å². The third kappa shape index (κ3) is 2.86. The van der Waals surface area contributed by atoms with Crippen LogP contribution in [-0.2, 0) is 4.79 Å². The average molecular weight is 228 g/mol. The minimum Gasteiger partial charge on any atom is -0.480 e. The van der Waals surface area contributed by atoms with Gasteiger partial charge in [0.15, 0.2) is 0 Å². The Kier molecular flexibility index (Phi) is 3.97. The molecule has 0 aromatic heterocycles. The SMILES string of the molecule is CC[C@H](C(=O)O)N(C)c1ccc(Cl)cc1. The molecule has 3 nitrogen and oxygen atoms in total. The molecule has 0 unspecified atom stereocenters. The zero-order chi connectivity index (χ0) is 11.4. The van der Waals surface area contributed by atoms with Crippen LogP contribution in [0.1, 0.15) is 13.3 Å². The second kappa shape index (κ2) is 5.03. The van der Waals surface area contributed by atoms with Gasteiger partial charge in [0.1, 0.15) is 6.04 Å². The number of hydrogen-bond acceptors (Lipinski definition) is 2. The Morgan fingerprint density at radius 1 is 1.47 bits per heavy atom. The van der Waals surface area contributed by atoms with Crippen LogP contribution in [0.15, 0.2) is 24.3 Å². The Morgan fingerprint density at radius 2 is 2.00 bits per heavy atom. The highest BCUT2D eigenvalue weighted by molar-refractivity contribution is 6.30. The summed E-state index contributed by atoms with van der Waals surface area (Å²) in [6.07, 6.45) is 0.564. The van der Waals surface area contributed by atoms with Crippen molar-refractivity contribution >= 4 is 23.3 Å². The minimum absolute atomic E-state index is 0.494. The van der Waals surface area contributed by atoms with Gasteiger partial charge in [0, 0.05) is 17.8 Å². The summed E-state index contributed by atoms with van der Waals surface area (Å²) in [4.78, 5) is 12.7. The number of benzene rings is 1. The lowest BCUT2D eigenvalue weighted by Gasteiger charge is -2.25. The van der Waals surface area contributed by atoms with Gasteiger partial charge < -0.3 is 10.0 Å². The van der Waals surface area contributed by atoms with Crippen LogP contribution in [0.4, 0.5) is 5.69 Å². The molecule has 0 bridgehead atoms.